The molecule has 5 rings (SSSR count). The SMILES string of the molecule is CNC(=O)c1ccc(N2CCN([C@H]3CC[C@@H](c4nc5ccc(F)cc5c(=O)[nH]4)C3)CC2)cn1. The van der Waals surface area contributed by atoms with Crippen molar-refractivity contribution < 1.29 is 9.18 Å². The Morgan fingerprint density at radius 1 is 1.15 bits per heavy atom. The summed E-state index contributed by atoms with van der Waals surface area (Å²) in [5.41, 5.74) is 1.72. The Morgan fingerprint density at radius 3 is 2.70 bits per heavy atom. The summed E-state index contributed by atoms with van der Waals surface area (Å²) in [7, 11) is 1.60. The molecule has 1 saturated carbocycles. The van der Waals surface area contributed by atoms with Crippen LogP contribution in [0.3, 0.4) is 0 Å². The van der Waals surface area contributed by atoms with Gasteiger partial charge in [-0.25, -0.2) is 14.4 Å². The van der Waals surface area contributed by atoms with Gasteiger partial charge in [0.25, 0.3) is 11.5 Å². The van der Waals surface area contributed by atoms with Gasteiger partial charge in [-0.05, 0) is 49.6 Å². The number of anilines is 1. The fourth-order valence-corrected chi connectivity index (χ4v) is 5.04. The van der Waals surface area contributed by atoms with Crippen LogP contribution in [0.5, 0.6) is 0 Å². The van der Waals surface area contributed by atoms with Crippen LogP contribution in [0.25, 0.3) is 10.9 Å². The number of piperazine rings is 1. The van der Waals surface area contributed by atoms with Crippen LogP contribution >= 0.6 is 0 Å². The molecule has 0 radical (unpaired) electrons. The van der Waals surface area contributed by atoms with Gasteiger partial charge in [0.05, 0.1) is 22.8 Å². The maximum absolute atomic E-state index is 13.5. The highest BCUT2D eigenvalue weighted by atomic mass is 19.1. The fourth-order valence-electron chi connectivity index (χ4n) is 5.04. The Kier molecular flexibility index (Phi) is 5.80. The van der Waals surface area contributed by atoms with E-state index in [0.717, 1.165) is 51.1 Å². The second-order valence-corrected chi connectivity index (χ2v) is 8.78. The normalized spacial score (nSPS) is 21.5. The van der Waals surface area contributed by atoms with Gasteiger partial charge in [0.1, 0.15) is 17.3 Å². The van der Waals surface area contributed by atoms with Crippen LogP contribution in [0.4, 0.5) is 10.1 Å². The molecule has 1 aromatic carbocycles. The smallest absolute Gasteiger partial charge is 0.269 e. The third-order valence-electron chi connectivity index (χ3n) is 6.88. The van der Waals surface area contributed by atoms with E-state index >= 15 is 0 Å². The standard InChI is InChI=1S/C24H27FN6O2/c1-26-24(33)21-7-5-18(14-27-21)31-10-8-30(9-11-31)17-4-2-15(12-17)22-28-20-6-3-16(25)13-19(20)23(32)29-22/h3,5-7,13-15,17H,2,4,8-12H2,1H3,(H,26,33)(H,28,29,32)/t15-,17+/m1/s1. The summed E-state index contributed by atoms with van der Waals surface area (Å²) < 4.78 is 13.5. The minimum Gasteiger partial charge on any atom is -0.368 e. The molecule has 9 heteroatoms. The number of rotatable bonds is 4. The molecule has 2 aromatic heterocycles. The lowest BCUT2D eigenvalue weighted by Gasteiger charge is -2.39. The molecule has 1 aliphatic carbocycles. The highest BCUT2D eigenvalue weighted by molar-refractivity contribution is 5.92. The van der Waals surface area contributed by atoms with Gasteiger partial charge in [-0.2, -0.15) is 0 Å². The van der Waals surface area contributed by atoms with Gasteiger partial charge in [-0.3, -0.25) is 14.5 Å². The first kappa shape index (κ1) is 21.5. The lowest BCUT2D eigenvalue weighted by atomic mass is 10.1. The Bertz CT molecular complexity index is 1220. The van der Waals surface area contributed by atoms with Gasteiger partial charge >= 0.3 is 0 Å². The number of H-pyrrole nitrogens is 1. The summed E-state index contributed by atoms with van der Waals surface area (Å²) in [6.07, 6.45) is 4.76. The van der Waals surface area contributed by atoms with E-state index in [2.05, 4.69) is 30.1 Å². The van der Waals surface area contributed by atoms with Crippen molar-refractivity contribution in [1.29, 1.82) is 0 Å². The third kappa shape index (κ3) is 4.32. The number of fused-ring (bicyclic) bond motifs is 1. The number of aromatic amines is 1. The predicted molar refractivity (Wildman–Crippen MR) is 124 cm³/mol. The maximum Gasteiger partial charge on any atom is 0.269 e. The molecule has 172 valence electrons. The van der Waals surface area contributed by atoms with Gasteiger partial charge in [0.2, 0.25) is 0 Å². The first-order valence-corrected chi connectivity index (χ1v) is 11.4. The number of nitrogens with one attached hydrogen (secondary N) is 2. The van der Waals surface area contributed by atoms with E-state index in [1.54, 1.807) is 25.4 Å². The Hall–Kier alpha value is -3.33. The second kappa shape index (κ2) is 8.90. The van der Waals surface area contributed by atoms with Crippen LogP contribution in [-0.4, -0.2) is 65.0 Å². The van der Waals surface area contributed by atoms with E-state index in [4.69, 9.17) is 0 Å². The summed E-state index contributed by atoms with van der Waals surface area (Å²) in [6.45, 7) is 3.71. The zero-order valence-electron chi connectivity index (χ0n) is 18.6. The van der Waals surface area contributed by atoms with Crippen molar-refractivity contribution >= 4 is 22.5 Å². The molecule has 1 amide bonds. The van der Waals surface area contributed by atoms with E-state index in [0.29, 0.717) is 28.5 Å². The zero-order chi connectivity index (χ0) is 22.9. The summed E-state index contributed by atoms with van der Waals surface area (Å²) in [4.78, 5) is 40.7. The quantitative estimate of drug-likeness (QED) is 0.633. The average Bonchev–Trinajstić information content (AvgIpc) is 3.34. The van der Waals surface area contributed by atoms with Gasteiger partial charge < -0.3 is 15.2 Å². The van der Waals surface area contributed by atoms with Crippen molar-refractivity contribution in [2.45, 2.75) is 31.2 Å². The molecule has 3 aromatic rings. The minimum absolute atomic E-state index is 0.184. The molecule has 2 N–H and O–H groups in total. The van der Waals surface area contributed by atoms with Crippen molar-refractivity contribution in [2.24, 2.45) is 0 Å². The number of hydrogen-bond acceptors (Lipinski definition) is 6. The van der Waals surface area contributed by atoms with Crippen molar-refractivity contribution in [3.05, 3.63) is 64.2 Å². The van der Waals surface area contributed by atoms with E-state index in [1.807, 2.05) is 6.07 Å². The number of amides is 1. The number of carbonyl (C=O) groups excluding carboxylic acids is 1. The van der Waals surface area contributed by atoms with Crippen LogP contribution in [-0.2, 0) is 0 Å². The topological polar surface area (TPSA) is 94.2 Å². The Morgan fingerprint density at radius 2 is 1.97 bits per heavy atom. The van der Waals surface area contributed by atoms with Crippen LogP contribution in [0.2, 0.25) is 0 Å². The molecule has 1 saturated heterocycles. The molecule has 0 unspecified atom stereocenters. The number of carbonyl (C=O) groups is 1. The van der Waals surface area contributed by atoms with E-state index in [9.17, 15) is 14.0 Å². The van der Waals surface area contributed by atoms with Gasteiger partial charge in [0.15, 0.2) is 0 Å². The molecule has 8 nitrogen and oxygen atoms in total. The molecule has 3 heterocycles. The monoisotopic (exact) mass is 450 g/mol. The largest absolute Gasteiger partial charge is 0.368 e. The lowest BCUT2D eigenvalue weighted by Crippen LogP contribution is -2.49. The van der Waals surface area contributed by atoms with Crippen LogP contribution < -0.4 is 15.8 Å². The van der Waals surface area contributed by atoms with Crippen LogP contribution in [0.1, 0.15) is 41.5 Å². The van der Waals surface area contributed by atoms with Gasteiger partial charge in [-0.1, -0.05) is 0 Å². The van der Waals surface area contributed by atoms with Gasteiger partial charge in [0, 0.05) is 45.2 Å². The molecule has 2 aliphatic rings. The average molecular weight is 451 g/mol. The van der Waals surface area contributed by atoms with Gasteiger partial charge in [-0.15, -0.1) is 0 Å². The molecule has 1 aliphatic heterocycles. The third-order valence-corrected chi connectivity index (χ3v) is 6.88. The molecule has 2 atom stereocenters. The first-order valence-electron chi connectivity index (χ1n) is 11.4. The van der Waals surface area contributed by atoms with E-state index < -0.39 is 5.82 Å². The predicted octanol–water partition coefficient (Wildman–Crippen LogP) is 2.28. The molecular weight excluding hydrogens is 423 g/mol. The number of halogens is 1. The van der Waals surface area contributed by atoms with Crippen molar-refractivity contribution in [1.82, 2.24) is 25.2 Å². The van der Waals surface area contributed by atoms with Crippen molar-refractivity contribution in [3.8, 4) is 0 Å². The number of benzene rings is 1. The molecule has 0 spiro atoms. The fraction of sp³-hybridized carbons (Fsp3) is 0.417. The Labute approximate surface area is 190 Å². The minimum atomic E-state index is -0.430. The number of nitrogens with zero attached hydrogens (tertiary/aromatic N) is 4. The molecule has 33 heavy (non-hydrogen) atoms. The number of aromatic nitrogens is 3. The molecule has 0 bridgehead atoms. The second-order valence-electron chi connectivity index (χ2n) is 8.78. The van der Waals surface area contributed by atoms with Crippen molar-refractivity contribution in [3.63, 3.8) is 0 Å². The van der Waals surface area contributed by atoms with Crippen LogP contribution in [0, 0.1) is 5.82 Å². The zero-order valence-corrected chi connectivity index (χ0v) is 18.6. The Balaban J connectivity index is 1.21. The summed E-state index contributed by atoms with van der Waals surface area (Å²) >= 11 is 0. The summed E-state index contributed by atoms with van der Waals surface area (Å²) in [6, 6.07) is 8.33. The first-order chi connectivity index (χ1) is 16.0. The number of pyridine rings is 1. The highest BCUT2D eigenvalue weighted by Gasteiger charge is 2.33. The van der Waals surface area contributed by atoms with Crippen LogP contribution in [0.15, 0.2) is 41.3 Å². The molecule has 2 fully saturated rings. The number of hydrogen-bond donors (Lipinski definition) is 2. The maximum atomic E-state index is 13.5. The molecular formula is C24H27FN6O2. The highest BCUT2D eigenvalue weighted by Crippen LogP contribution is 2.36. The summed E-state index contributed by atoms with van der Waals surface area (Å²) in [5, 5.41) is 2.88. The van der Waals surface area contributed by atoms with E-state index in [1.165, 1.54) is 12.1 Å². The lowest BCUT2D eigenvalue weighted by molar-refractivity contribution is 0.0958. The van der Waals surface area contributed by atoms with E-state index in [-0.39, 0.29) is 17.4 Å². The van der Waals surface area contributed by atoms with Crippen molar-refractivity contribution in [2.75, 3.05) is 38.1 Å². The summed E-state index contributed by atoms with van der Waals surface area (Å²) in [5.74, 6) is 0.302.